The number of likely N-dealkylation sites (N-methyl/N-ethyl adjacent to an activating group) is 1. The first-order valence-corrected chi connectivity index (χ1v) is 6.92. The molecular formula is C15H25N3. The van der Waals surface area contributed by atoms with Crippen LogP contribution in [-0.2, 0) is 13.1 Å². The first-order valence-electron chi connectivity index (χ1n) is 6.92. The molecule has 1 aromatic carbocycles. The summed E-state index contributed by atoms with van der Waals surface area (Å²) >= 11 is 0. The first-order chi connectivity index (χ1) is 8.79. The van der Waals surface area contributed by atoms with Gasteiger partial charge >= 0.3 is 0 Å². The van der Waals surface area contributed by atoms with E-state index in [1.807, 2.05) is 7.05 Å². The molecule has 0 bridgehead atoms. The van der Waals surface area contributed by atoms with Gasteiger partial charge in [-0.05, 0) is 44.7 Å². The average molecular weight is 247 g/mol. The molecule has 0 atom stereocenters. The van der Waals surface area contributed by atoms with E-state index in [-0.39, 0.29) is 0 Å². The molecule has 0 saturated carbocycles. The molecule has 1 aromatic rings. The molecule has 3 nitrogen and oxygen atoms in total. The highest BCUT2D eigenvalue weighted by Crippen LogP contribution is 2.13. The van der Waals surface area contributed by atoms with Crippen LogP contribution in [0.3, 0.4) is 0 Å². The van der Waals surface area contributed by atoms with Crippen molar-refractivity contribution in [1.82, 2.24) is 15.1 Å². The maximum absolute atomic E-state index is 3.25. The van der Waals surface area contributed by atoms with Gasteiger partial charge in [-0.15, -0.1) is 0 Å². The molecule has 0 amide bonds. The second-order valence-electron chi connectivity index (χ2n) is 5.23. The summed E-state index contributed by atoms with van der Waals surface area (Å²) in [7, 11) is 4.23. The van der Waals surface area contributed by atoms with Crippen LogP contribution in [0.4, 0.5) is 0 Å². The minimum Gasteiger partial charge on any atom is -0.316 e. The van der Waals surface area contributed by atoms with Crippen molar-refractivity contribution >= 4 is 0 Å². The molecule has 100 valence electrons. The van der Waals surface area contributed by atoms with Gasteiger partial charge in [0.05, 0.1) is 0 Å². The Kier molecular flexibility index (Phi) is 5.17. The minimum absolute atomic E-state index is 0.962. The molecule has 2 rings (SSSR count). The summed E-state index contributed by atoms with van der Waals surface area (Å²) in [6, 6.07) is 8.78. The van der Waals surface area contributed by atoms with Gasteiger partial charge in [-0.2, -0.15) is 0 Å². The summed E-state index contributed by atoms with van der Waals surface area (Å²) in [5, 5.41) is 3.25. The Bertz CT molecular complexity index is 365. The summed E-state index contributed by atoms with van der Waals surface area (Å²) in [6.45, 7) is 6.88. The smallest absolute Gasteiger partial charge is 0.0237 e. The Morgan fingerprint density at radius 2 is 1.83 bits per heavy atom. The molecular weight excluding hydrogens is 222 g/mol. The lowest BCUT2D eigenvalue weighted by atomic mass is 10.1. The van der Waals surface area contributed by atoms with E-state index in [2.05, 4.69) is 46.4 Å². The fraction of sp³-hybridized carbons (Fsp3) is 0.600. The van der Waals surface area contributed by atoms with Crippen LogP contribution in [0.15, 0.2) is 24.3 Å². The second-order valence-corrected chi connectivity index (χ2v) is 5.23. The molecule has 18 heavy (non-hydrogen) atoms. The van der Waals surface area contributed by atoms with Crippen LogP contribution in [0.2, 0.25) is 0 Å². The van der Waals surface area contributed by atoms with Gasteiger partial charge in [0, 0.05) is 26.2 Å². The van der Waals surface area contributed by atoms with E-state index in [1.165, 1.54) is 43.7 Å². The van der Waals surface area contributed by atoms with Crippen LogP contribution in [0, 0.1) is 0 Å². The van der Waals surface area contributed by atoms with Crippen molar-refractivity contribution in [3.05, 3.63) is 35.4 Å². The van der Waals surface area contributed by atoms with Crippen LogP contribution in [0.5, 0.6) is 0 Å². The van der Waals surface area contributed by atoms with E-state index >= 15 is 0 Å². The molecule has 0 unspecified atom stereocenters. The van der Waals surface area contributed by atoms with Crippen LogP contribution < -0.4 is 5.32 Å². The number of rotatable bonds is 4. The molecule has 0 spiro atoms. The van der Waals surface area contributed by atoms with Gasteiger partial charge < -0.3 is 10.2 Å². The quantitative estimate of drug-likeness (QED) is 0.871. The summed E-state index contributed by atoms with van der Waals surface area (Å²) < 4.78 is 0. The van der Waals surface area contributed by atoms with E-state index in [1.54, 1.807) is 0 Å². The number of nitrogens with one attached hydrogen (secondary N) is 1. The molecule has 3 heteroatoms. The third-order valence-corrected chi connectivity index (χ3v) is 3.69. The summed E-state index contributed by atoms with van der Waals surface area (Å²) in [4.78, 5) is 5.01. The molecule has 0 aromatic heterocycles. The fourth-order valence-corrected chi connectivity index (χ4v) is 2.57. The standard InChI is InChI=1S/C15H25N3/c1-16-12-14-6-3-4-7-15(14)13-18-9-5-8-17(2)10-11-18/h3-4,6-7,16H,5,8-13H2,1-2H3. The minimum atomic E-state index is 0.962. The lowest BCUT2D eigenvalue weighted by Crippen LogP contribution is -2.29. The molecule has 0 radical (unpaired) electrons. The first kappa shape index (κ1) is 13.5. The van der Waals surface area contributed by atoms with Crippen molar-refractivity contribution in [2.45, 2.75) is 19.5 Å². The normalized spacial score (nSPS) is 18.8. The van der Waals surface area contributed by atoms with Crippen LogP contribution in [-0.4, -0.2) is 50.1 Å². The Balaban J connectivity index is 1.99. The lowest BCUT2D eigenvalue weighted by Gasteiger charge is -2.21. The van der Waals surface area contributed by atoms with Gasteiger partial charge in [0.1, 0.15) is 0 Å². The molecule has 0 aliphatic carbocycles. The van der Waals surface area contributed by atoms with E-state index in [4.69, 9.17) is 0 Å². The zero-order chi connectivity index (χ0) is 12.8. The Hall–Kier alpha value is -0.900. The number of nitrogens with zero attached hydrogens (tertiary/aromatic N) is 2. The van der Waals surface area contributed by atoms with Gasteiger partial charge in [-0.25, -0.2) is 0 Å². The average Bonchev–Trinajstić information content (AvgIpc) is 2.57. The predicted molar refractivity (Wildman–Crippen MR) is 76.6 cm³/mol. The number of hydrogen-bond donors (Lipinski definition) is 1. The van der Waals surface area contributed by atoms with E-state index in [0.717, 1.165) is 13.1 Å². The van der Waals surface area contributed by atoms with Crippen molar-refractivity contribution in [3.63, 3.8) is 0 Å². The highest BCUT2D eigenvalue weighted by Gasteiger charge is 2.13. The summed E-state index contributed by atoms with van der Waals surface area (Å²) in [6.07, 6.45) is 1.28. The SMILES string of the molecule is CNCc1ccccc1CN1CCCN(C)CC1. The zero-order valence-corrected chi connectivity index (χ0v) is 11.7. The molecule has 1 aliphatic rings. The largest absolute Gasteiger partial charge is 0.316 e. The highest BCUT2D eigenvalue weighted by molar-refractivity contribution is 5.26. The Morgan fingerprint density at radius 1 is 1.06 bits per heavy atom. The van der Waals surface area contributed by atoms with Gasteiger partial charge in [0.25, 0.3) is 0 Å². The predicted octanol–water partition coefficient (Wildman–Crippen LogP) is 1.54. The van der Waals surface area contributed by atoms with Crippen LogP contribution >= 0.6 is 0 Å². The summed E-state index contributed by atoms with van der Waals surface area (Å²) in [5.41, 5.74) is 2.90. The number of benzene rings is 1. The summed E-state index contributed by atoms with van der Waals surface area (Å²) in [5.74, 6) is 0. The van der Waals surface area contributed by atoms with E-state index in [9.17, 15) is 0 Å². The third-order valence-electron chi connectivity index (χ3n) is 3.69. The van der Waals surface area contributed by atoms with Crippen molar-refractivity contribution in [2.75, 3.05) is 40.3 Å². The molecule has 1 aliphatic heterocycles. The van der Waals surface area contributed by atoms with Crippen molar-refractivity contribution in [1.29, 1.82) is 0 Å². The van der Waals surface area contributed by atoms with Crippen LogP contribution in [0.25, 0.3) is 0 Å². The molecule has 1 saturated heterocycles. The Morgan fingerprint density at radius 3 is 2.61 bits per heavy atom. The number of hydrogen-bond acceptors (Lipinski definition) is 3. The maximum atomic E-state index is 3.25. The second kappa shape index (κ2) is 6.88. The monoisotopic (exact) mass is 247 g/mol. The van der Waals surface area contributed by atoms with Gasteiger partial charge in [0.15, 0.2) is 0 Å². The fourth-order valence-electron chi connectivity index (χ4n) is 2.57. The van der Waals surface area contributed by atoms with Crippen molar-refractivity contribution in [2.24, 2.45) is 0 Å². The van der Waals surface area contributed by atoms with Gasteiger partial charge in [-0.3, -0.25) is 4.90 Å². The van der Waals surface area contributed by atoms with Gasteiger partial charge in [0.2, 0.25) is 0 Å². The Labute approximate surface area is 111 Å². The zero-order valence-electron chi connectivity index (χ0n) is 11.7. The van der Waals surface area contributed by atoms with Crippen LogP contribution in [0.1, 0.15) is 17.5 Å². The van der Waals surface area contributed by atoms with Crippen molar-refractivity contribution < 1.29 is 0 Å². The topological polar surface area (TPSA) is 18.5 Å². The van der Waals surface area contributed by atoms with E-state index < -0.39 is 0 Å². The van der Waals surface area contributed by atoms with Gasteiger partial charge in [-0.1, -0.05) is 24.3 Å². The third kappa shape index (κ3) is 3.80. The molecule has 1 N–H and O–H groups in total. The van der Waals surface area contributed by atoms with Crippen molar-refractivity contribution in [3.8, 4) is 0 Å². The highest BCUT2D eigenvalue weighted by atomic mass is 15.2. The maximum Gasteiger partial charge on any atom is 0.0237 e. The lowest BCUT2D eigenvalue weighted by molar-refractivity contribution is 0.268. The van der Waals surface area contributed by atoms with E-state index in [0.29, 0.717) is 0 Å². The molecule has 1 heterocycles. The molecule has 1 fully saturated rings.